The molecule has 6 heteroatoms. The molecule has 0 spiro atoms. The minimum Gasteiger partial charge on any atom is -0.345 e. The first-order valence-electron chi connectivity index (χ1n) is 5.31. The lowest BCUT2D eigenvalue weighted by molar-refractivity contribution is -0.137. The van der Waals surface area contributed by atoms with Gasteiger partial charge in [-0.15, -0.1) is 12.4 Å². The molecular weight excluding hydrogens is 230 g/mol. The number of nitrogens with zero attached hydrogens (tertiary/aromatic N) is 2. The van der Waals surface area contributed by atoms with Crippen LogP contribution in [-0.2, 0) is 9.59 Å². The quantitative estimate of drug-likeness (QED) is 0.703. The lowest BCUT2D eigenvalue weighted by Crippen LogP contribution is -2.58. The van der Waals surface area contributed by atoms with Gasteiger partial charge in [0.25, 0.3) is 0 Å². The van der Waals surface area contributed by atoms with Gasteiger partial charge in [0.15, 0.2) is 0 Å². The SMILES string of the molecule is CN1CC(C(=O)N(C)C2CNC2)CC1=O.Cl. The molecule has 0 aromatic rings. The van der Waals surface area contributed by atoms with Gasteiger partial charge in [-0.05, 0) is 0 Å². The third-order valence-electron chi connectivity index (χ3n) is 3.35. The number of rotatable bonds is 2. The Kier molecular flexibility index (Phi) is 4.15. The zero-order chi connectivity index (χ0) is 11.0. The van der Waals surface area contributed by atoms with Crippen molar-refractivity contribution >= 4 is 24.2 Å². The molecule has 0 bridgehead atoms. The molecule has 2 rings (SSSR count). The third kappa shape index (κ3) is 2.30. The predicted octanol–water partition coefficient (Wildman–Crippen LogP) is -0.683. The van der Waals surface area contributed by atoms with Gasteiger partial charge in [-0.25, -0.2) is 0 Å². The van der Waals surface area contributed by atoms with Gasteiger partial charge in [-0.1, -0.05) is 0 Å². The standard InChI is InChI=1S/C10H17N3O2.ClH/c1-12-6-7(3-9(12)14)10(15)13(2)8-4-11-5-8;/h7-8,11H,3-6H2,1-2H3;1H. The number of nitrogens with one attached hydrogen (secondary N) is 1. The first-order chi connectivity index (χ1) is 7.09. The van der Waals surface area contributed by atoms with Crippen LogP contribution < -0.4 is 5.32 Å². The second kappa shape index (κ2) is 5.01. The monoisotopic (exact) mass is 247 g/mol. The van der Waals surface area contributed by atoms with Crippen molar-refractivity contribution in [1.29, 1.82) is 0 Å². The van der Waals surface area contributed by atoms with Crippen LogP contribution in [0, 0.1) is 5.92 Å². The largest absolute Gasteiger partial charge is 0.345 e. The van der Waals surface area contributed by atoms with Gasteiger partial charge in [0.05, 0.1) is 12.0 Å². The van der Waals surface area contributed by atoms with Crippen molar-refractivity contribution < 1.29 is 9.59 Å². The molecule has 2 fully saturated rings. The molecule has 2 amide bonds. The number of likely N-dealkylation sites (tertiary alicyclic amines) is 1. The first kappa shape index (κ1) is 13.3. The van der Waals surface area contributed by atoms with Crippen LogP contribution in [0.2, 0.25) is 0 Å². The Bertz CT molecular complexity index is 294. The van der Waals surface area contributed by atoms with Crippen LogP contribution >= 0.6 is 12.4 Å². The summed E-state index contributed by atoms with van der Waals surface area (Å²) in [6.45, 7) is 2.32. The molecule has 0 aromatic heterocycles. The summed E-state index contributed by atoms with van der Waals surface area (Å²) in [6.07, 6.45) is 0.375. The summed E-state index contributed by atoms with van der Waals surface area (Å²) in [6, 6.07) is 0.318. The zero-order valence-electron chi connectivity index (χ0n) is 9.60. The number of hydrogen-bond acceptors (Lipinski definition) is 3. The van der Waals surface area contributed by atoms with E-state index in [9.17, 15) is 9.59 Å². The summed E-state index contributed by atoms with van der Waals surface area (Å²) in [5.41, 5.74) is 0. The van der Waals surface area contributed by atoms with Gasteiger partial charge in [-0.2, -0.15) is 0 Å². The fourth-order valence-corrected chi connectivity index (χ4v) is 2.04. The van der Waals surface area contributed by atoms with Gasteiger partial charge in [-0.3, -0.25) is 9.59 Å². The molecule has 0 saturated carbocycles. The van der Waals surface area contributed by atoms with Crippen molar-refractivity contribution in [3.05, 3.63) is 0 Å². The average molecular weight is 248 g/mol. The molecule has 0 aliphatic carbocycles. The number of carbonyl (C=O) groups excluding carboxylic acids is 2. The molecular formula is C10H18ClN3O2. The molecule has 1 N–H and O–H groups in total. The highest BCUT2D eigenvalue weighted by molar-refractivity contribution is 5.89. The van der Waals surface area contributed by atoms with Gasteiger partial charge >= 0.3 is 0 Å². The third-order valence-corrected chi connectivity index (χ3v) is 3.35. The normalized spacial score (nSPS) is 25.0. The molecule has 2 saturated heterocycles. The van der Waals surface area contributed by atoms with E-state index in [1.54, 1.807) is 16.8 Å². The fraction of sp³-hybridized carbons (Fsp3) is 0.800. The van der Waals surface area contributed by atoms with Crippen LogP contribution in [-0.4, -0.2) is 61.4 Å². The van der Waals surface area contributed by atoms with E-state index in [2.05, 4.69) is 5.32 Å². The van der Waals surface area contributed by atoms with Gasteiger partial charge < -0.3 is 15.1 Å². The van der Waals surface area contributed by atoms with Crippen LogP contribution in [0.4, 0.5) is 0 Å². The number of likely N-dealkylation sites (N-methyl/N-ethyl adjacent to an activating group) is 1. The first-order valence-corrected chi connectivity index (χ1v) is 5.31. The Balaban J connectivity index is 0.00000128. The summed E-state index contributed by atoms with van der Waals surface area (Å²) >= 11 is 0. The Morgan fingerprint density at radius 2 is 2.12 bits per heavy atom. The summed E-state index contributed by atoms with van der Waals surface area (Å²) < 4.78 is 0. The topological polar surface area (TPSA) is 52.7 Å². The smallest absolute Gasteiger partial charge is 0.228 e. The lowest BCUT2D eigenvalue weighted by Gasteiger charge is -2.36. The summed E-state index contributed by atoms with van der Waals surface area (Å²) in [5.74, 6) is 0.0563. The predicted molar refractivity (Wildman–Crippen MR) is 62.4 cm³/mol. The molecule has 2 heterocycles. The van der Waals surface area contributed by atoms with Crippen molar-refractivity contribution in [2.24, 2.45) is 5.92 Å². The van der Waals surface area contributed by atoms with Crippen molar-refractivity contribution in [2.75, 3.05) is 33.7 Å². The van der Waals surface area contributed by atoms with Gasteiger partial charge in [0, 0.05) is 40.2 Å². The minimum absolute atomic E-state index is 0. The highest BCUT2D eigenvalue weighted by atomic mass is 35.5. The second-order valence-corrected chi connectivity index (χ2v) is 4.44. The zero-order valence-corrected chi connectivity index (χ0v) is 10.4. The van der Waals surface area contributed by atoms with E-state index in [4.69, 9.17) is 0 Å². The molecule has 92 valence electrons. The van der Waals surface area contributed by atoms with Crippen molar-refractivity contribution in [3.8, 4) is 0 Å². The van der Waals surface area contributed by atoms with Crippen LogP contribution in [0.5, 0.6) is 0 Å². The van der Waals surface area contributed by atoms with Crippen molar-refractivity contribution in [1.82, 2.24) is 15.1 Å². The van der Waals surface area contributed by atoms with E-state index in [-0.39, 0.29) is 30.1 Å². The number of hydrogen-bond donors (Lipinski definition) is 1. The molecule has 0 aromatic carbocycles. The Morgan fingerprint density at radius 1 is 1.50 bits per heavy atom. The van der Waals surface area contributed by atoms with Crippen LogP contribution in [0.1, 0.15) is 6.42 Å². The van der Waals surface area contributed by atoms with Crippen molar-refractivity contribution in [2.45, 2.75) is 12.5 Å². The maximum absolute atomic E-state index is 12.0. The maximum Gasteiger partial charge on any atom is 0.228 e. The van der Waals surface area contributed by atoms with E-state index in [1.807, 2.05) is 7.05 Å². The second-order valence-electron chi connectivity index (χ2n) is 4.44. The summed E-state index contributed by atoms with van der Waals surface area (Å²) in [7, 11) is 3.58. The lowest BCUT2D eigenvalue weighted by atomic mass is 10.0. The number of carbonyl (C=O) groups is 2. The Labute approximate surface area is 102 Å². The molecule has 1 atom stereocenters. The van der Waals surface area contributed by atoms with Crippen LogP contribution in [0.15, 0.2) is 0 Å². The van der Waals surface area contributed by atoms with E-state index in [1.165, 1.54) is 0 Å². The summed E-state index contributed by atoms with van der Waals surface area (Å²) in [4.78, 5) is 26.7. The highest BCUT2D eigenvalue weighted by Gasteiger charge is 2.36. The van der Waals surface area contributed by atoms with E-state index >= 15 is 0 Å². The molecule has 2 aliphatic heterocycles. The average Bonchev–Trinajstić information content (AvgIpc) is 2.43. The van der Waals surface area contributed by atoms with E-state index in [0.717, 1.165) is 13.1 Å². The minimum atomic E-state index is -0.131. The van der Waals surface area contributed by atoms with E-state index in [0.29, 0.717) is 19.0 Å². The number of amides is 2. The van der Waals surface area contributed by atoms with Crippen LogP contribution in [0.25, 0.3) is 0 Å². The molecule has 5 nitrogen and oxygen atoms in total. The van der Waals surface area contributed by atoms with Gasteiger partial charge in [0.1, 0.15) is 0 Å². The molecule has 1 unspecified atom stereocenters. The Morgan fingerprint density at radius 3 is 2.50 bits per heavy atom. The highest BCUT2D eigenvalue weighted by Crippen LogP contribution is 2.19. The summed E-state index contributed by atoms with van der Waals surface area (Å²) in [5, 5.41) is 3.13. The molecule has 2 aliphatic rings. The van der Waals surface area contributed by atoms with Gasteiger partial charge in [0.2, 0.25) is 11.8 Å². The van der Waals surface area contributed by atoms with Crippen molar-refractivity contribution in [3.63, 3.8) is 0 Å². The van der Waals surface area contributed by atoms with Crippen LogP contribution in [0.3, 0.4) is 0 Å². The number of halogens is 1. The fourth-order valence-electron chi connectivity index (χ4n) is 2.04. The van der Waals surface area contributed by atoms with E-state index < -0.39 is 0 Å². The Hall–Kier alpha value is -0.810. The maximum atomic E-state index is 12.0. The molecule has 16 heavy (non-hydrogen) atoms. The molecule has 0 radical (unpaired) electrons.